The van der Waals surface area contributed by atoms with Gasteiger partial charge in [0.2, 0.25) is 5.95 Å². The first-order chi connectivity index (χ1) is 15.6. The zero-order valence-corrected chi connectivity index (χ0v) is 18.7. The van der Waals surface area contributed by atoms with E-state index in [1.54, 1.807) is 7.11 Å². The van der Waals surface area contributed by atoms with Gasteiger partial charge in [-0.15, -0.1) is 5.10 Å². The van der Waals surface area contributed by atoms with Crippen LogP contribution in [0.3, 0.4) is 0 Å². The average Bonchev–Trinajstić information content (AvgIpc) is 3.22. The lowest BCUT2D eigenvalue weighted by Gasteiger charge is -2.34. The maximum atomic E-state index is 5.67. The molecule has 1 N–H and O–H groups in total. The summed E-state index contributed by atoms with van der Waals surface area (Å²) >= 11 is 0. The third kappa shape index (κ3) is 4.11. The van der Waals surface area contributed by atoms with Crippen molar-refractivity contribution < 1.29 is 4.74 Å². The van der Waals surface area contributed by atoms with Crippen molar-refractivity contribution in [2.24, 2.45) is 0 Å². The van der Waals surface area contributed by atoms with Gasteiger partial charge < -0.3 is 19.9 Å². The van der Waals surface area contributed by atoms with Crippen molar-refractivity contribution in [1.82, 2.24) is 19.5 Å². The second-order valence-electron chi connectivity index (χ2n) is 8.32. The van der Waals surface area contributed by atoms with E-state index in [9.17, 15) is 0 Å². The molecule has 7 nitrogen and oxygen atoms in total. The zero-order valence-electron chi connectivity index (χ0n) is 18.7. The number of hydrogen-bond acceptors (Lipinski definition) is 6. The first kappa shape index (κ1) is 20.3. The molecule has 2 aromatic carbocycles. The molecule has 0 unspecified atom stereocenters. The lowest BCUT2D eigenvalue weighted by molar-refractivity contribution is 0.312. The summed E-state index contributed by atoms with van der Waals surface area (Å²) in [5, 5.41) is 7.95. The van der Waals surface area contributed by atoms with Crippen LogP contribution in [0, 0.1) is 6.92 Å². The van der Waals surface area contributed by atoms with Crippen LogP contribution in [0.25, 0.3) is 16.8 Å². The molecule has 1 saturated heterocycles. The van der Waals surface area contributed by atoms with Gasteiger partial charge in [-0.1, -0.05) is 29.8 Å². The summed E-state index contributed by atoms with van der Waals surface area (Å²) < 4.78 is 7.48. The number of methoxy groups -OCH3 is 1. The summed E-state index contributed by atoms with van der Waals surface area (Å²) in [4.78, 5) is 9.36. The molecule has 0 saturated carbocycles. The van der Waals surface area contributed by atoms with E-state index >= 15 is 0 Å². The second-order valence-corrected chi connectivity index (χ2v) is 8.32. The minimum Gasteiger partial charge on any atom is -0.494 e. The van der Waals surface area contributed by atoms with Crippen LogP contribution in [-0.4, -0.2) is 59.8 Å². The number of aryl methyl sites for hydroxylation is 1. The SMILES string of the molecule is COc1cc(N2CCN(C)CC2)ccc1Nc1nc2ccc(-c3ccc(C)cc3)cn2n1. The van der Waals surface area contributed by atoms with Gasteiger partial charge in [-0.3, -0.25) is 0 Å². The number of nitrogens with one attached hydrogen (secondary N) is 1. The van der Waals surface area contributed by atoms with Crippen molar-refractivity contribution >= 4 is 23.0 Å². The van der Waals surface area contributed by atoms with E-state index in [4.69, 9.17) is 4.74 Å². The fourth-order valence-electron chi connectivity index (χ4n) is 4.02. The summed E-state index contributed by atoms with van der Waals surface area (Å²) in [5.41, 5.74) is 6.31. The molecule has 0 amide bonds. The van der Waals surface area contributed by atoms with Crippen LogP contribution in [0.5, 0.6) is 5.75 Å². The van der Waals surface area contributed by atoms with Crippen molar-refractivity contribution in [3.63, 3.8) is 0 Å². The maximum absolute atomic E-state index is 5.67. The Kier molecular flexibility index (Phi) is 5.41. The molecule has 32 heavy (non-hydrogen) atoms. The molecule has 0 aliphatic carbocycles. The molecule has 0 spiro atoms. The number of hydrogen-bond donors (Lipinski definition) is 1. The van der Waals surface area contributed by atoms with Crippen molar-refractivity contribution in [3.8, 4) is 16.9 Å². The highest BCUT2D eigenvalue weighted by Gasteiger charge is 2.16. The van der Waals surface area contributed by atoms with E-state index in [-0.39, 0.29) is 0 Å². The number of aromatic nitrogens is 3. The van der Waals surface area contributed by atoms with Gasteiger partial charge in [-0.05, 0) is 43.8 Å². The van der Waals surface area contributed by atoms with Gasteiger partial charge >= 0.3 is 0 Å². The van der Waals surface area contributed by atoms with Crippen molar-refractivity contribution in [2.75, 3.05) is 50.6 Å². The highest BCUT2D eigenvalue weighted by Crippen LogP contribution is 2.32. The lowest BCUT2D eigenvalue weighted by atomic mass is 10.1. The molecule has 1 aliphatic heterocycles. The van der Waals surface area contributed by atoms with E-state index in [1.807, 2.05) is 22.8 Å². The smallest absolute Gasteiger partial charge is 0.247 e. The fraction of sp³-hybridized carbons (Fsp3) is 0.280. The first-order valence-corrected chi connectivity index (χ1v) is 10.9. The number of anilines is 3. The Morgan fingerprint density at radius 2 is 1.66 bits per heavy atom. The van der Waals surface area contributed by atoms with Gasteiger partial charge in [0.1, 0.15) is 5.75 Å². The van der Waals surface area contributed by atoms with Gasteiger partial charge in [0, 0.05) is 49.7 Å². The summed E-state index contributed by atoms with van der Waals surface area (Å²) in [6.07, 6.45) is 2.01. The van der Waals surface area contributed by atoms with Gasteiger partial charge in [-0.25, -0.2) is 4.52 Å². The van der Waals surface area contributed by atoms with Gasteiger partial charge in [0.05, 0.1) is 12.8 Å². The molecule has 7 heteroatoms. The topological polar surface area (TPSA) is 57.9 Å². The van der Waals surface area contributed by atoms with E-state index < -0.39 is 0 Å². The number of ether oxygens (including phenoxy) is 1. The van der Waals surface area contributed by atoms with Crippen LogP contribution in [0.1, 0.15) is 5.56 Å². The molecule has 1 fully saturated rings. The Morgan fingerprint density at radius 1 is 0.906 bits per heavy atom. The highest BCUT2D eigenvalue weighted by molar-refractivity contribution is 5.69. The Hall–Kier alpha value is -3.58. The number of benzene rings is 2. The van der Waals surface area contributed by atoms with E-state index in [1.165, 1.54) is 11.3 Å². The van der Waals surface area contributed by atoms with Gasteiger partial charge in [0.25, 0.3) is 0 Å². The Morgan fingerprint density at radius 3 is 2.41 bits per heavy atom. The minimum atomic E-state index is 0.539. The Labute approximate surface area is 188 Å². The zero-order chi connectivity index (χ0) is 22.1. The quantitative estimate of drug-likeness (QED) is 0.514. The van der Waals surface area contributed by atoms with Crippen molar-refractivity contribution in [3.05, 3.63) is 66.4 Å². The number of rotatable bonds is 5. The van der Waals surface area contributed by atoms with Crippen LogP contribution in [-0.2, 0) is 0 Å². The molecule has 2 aromatic heterocycles. The van der Waals surface area contributed by atoms with Gasteiger partial charge in [0.15, 0.2) is 5.65 Å². The number of likely N-dealkylation sites (N-methyl/N-ethyl adjacent to an activating group) is 1. The Balaban J connectivity index is 1.38. The average molecular weight is 429 g/mol. The van der Waals surface area contributed by atoms with Crippen LogP contribution in [0.2, 0.25) is 0 Å². The van der Waals surface area contributed by atoms with Crippen LogP contribution in [0.15, 0.2) is 60.8 Å². The van der Waals surface area contributed by atoms with Crippen LogP contribution >= 0.6 is 0 Å². The third-order valence-electron chi connectivity index (χ3n) is 6.02. The normalized spacial score (nSPS) is 14.7. The van der Waals surface area contributed by atoms with E-state index in [0.29, 0.717) is 5.95 Å². The molecule has 3 heterocycles. The number of fused-ring (bicyclic) bond motifs is 1. The predicted molar refractivity (Wildman–Crippen MR) is 129 cm³/mol. The monoisotopic (exact) mass is 428 g/mol. The number of piperazine rings is 1. The molecular weight excluding hydrogens is 400 g/mol. The molecule has 0 atom stereocenters. The third-order valence-corrected chi connectivity index (χ3v) is 6.02. The number of pyridine rings is 1. The standard InChI is InChI=1S/C25H28N6O/c1-18-4-6-19(7-5-18)20-8-11-24-27-25(28-31(24)17-20)26-22-10-9-21(16-23(22)32-3)30-14-12-29(2)13-15-30/h4-11,16-17H,12-15H2,1-3H3,(H,26,28). The maximum Gasteiger partial charge on any atom is 0.247 e. The molecular formula is C25H28N6O. The fourth-order valence-corrected chi connectivity index (χ4v) is 4.02. The van der Waals surface area contributed by atoms with Crippen LogP contribution < -0.4 is 15.0 Å². The van der Waals surface area contributed by atoms with Gasteiger partial charge in [-0.2, -0.15) is 4.98 Å². The largest absolute Gasteiger partial charge is 0.494 e. The summed E-state index contributed by atoms with van der Waals surface area (Å²) in [5.74, 6) is 1.32. The second kappa shape index (κ2) is 8.51. The van der Waals surface area contributed by atoms with E-state index in [2.05, 4.69) is 81.6 Å². The highest BCUT2D eigenvalue weighted by atomic mass is 16.5. The minimum absolute atomic E-state index is 0.539. The van der Waals surface area contributed by atoms with Crippen molar-refractivity contribution in [2.45, 2.75) is 6.92 Å². The summed E-state index contributed by atoms with van der Waals surface area (Å²) in [6, 6.07) is 18.8. The Bertz CT molecular complexity index is 1230. The number of nitrogens with zero attached hydrogens (tertiary/aromatic N) is 5. The molecule has 0 radical (unpaired) electrons. The summed E-state index contributed by atoms with van der Waals surface area (Å²) in [7, 11) is 3.86. The molecule has 4 aromatic rings. The first-order valence-electron chi connectivity index (χ1n) is 10.9. The lowest BCUT2D eigenvalue weighted by Crippen LogP contribution is -2.44. The molecule has 0 bridgehead atoms. The predicted octanol–water partition coefficient (Wildman–Crippen LogP) is 4.21. The van der Waals surface area contributed by atoms with E-state index in [0.717, 1.165) is 54.4 Å². The van der Waals surface area contributed by atoms with Crippen molar-refractivity contribution in [1.29, 1.82) is 0 Å². The summed E-state index contributed by atoms with van der Waals surface area (Å²) in [6.45, 7) is 6.26. The van der Waals surface area contributed by atoms with Crippen LogP contribution in [0.4, 0.5) is 17.3 Å². The molecule has 5 rings (SSSR count). The molecule has 1 aliphatic rings. The molecule has 164 valence electrons.